The number of fused-ring (bicyclic) bond motifs is 1. The summed E-state index contributed by atoms with van der Waals surface area (Å²) < 4.78 is 1.95. The van der Waals surface area contributed by atoms with E-state index in [0.717, 1.165) is 42.7 Å². The third-order valence-electron chi connectivity index (χ3n) is 6.00. The van der Waals surface area contributed by atoms with Gasteiger partial charge in [-0.25, -0.2) is 4.98 Å². The maximum absolute atomic E-state index is 13.4. The Morgan fingerprint density at radius 1 is 0.941 bits per heavy atom. The molecule has 0 radical (unpaired) electrons. The van der Waals surface area contributed by atoms with Crippen molar-refractivity contribution >= 4 is 34.5 Å². The highest BCUT2D eigenvalue weighted by atomic mass is 16.2. The molecule has 0 saturated carbocycles. The minimum Gasteiger partial charge on any atom is -0.355 e. The summed E-state index contributed by atoms with van der Waals surface area (Å²) in [5, 5.41) is 5.93. The van der Waals surface area contributed by atoms with Crippen molar-refractivity contribution in [3.05, 3.63) is 53.6 Å². The number of nitrogens with one attached hydrogen (secondary N) is 2. The normalized spacial score (nSPS) is 11.3. The lowest BCUT2D eigenvalue weighted by molar-refractivity contribution is 0.0740. The van der Waals surface area contributed by atoms with Crippen molar-refractivity contribution in [2.24, 2.45) is 18.9 Å². The molecule has 2 amide bonds. The second-order valence-electron chi connectivity index (χ2n) is 9.64. The van der Waals surface area contributed by atoms with Crippen molar-refractivity contribution in [3.8, 4) is 0 Å². The van der Waals surface area contributed by atoms with Gasteiger partial charge >= 0.3 is 0 Å². The smallest absolute Gasteiger partial charge is 0.253 e. The van der Waals surface area contributed by atoms with E-state index in [9.17, 15) is 9.59 Å². The van der Waals surface area contributed by atoms with Gasteiger partial charge in [-0.2, -0.15) is 0 Å². The molecule has 0 aliphatic heterocycles. The highest BCUT2D eigenvalue weighted by Crippen LogP contribution is 2.24. The molecule has 1 heterocycles. The quantitative estimate of drug-likeness (QED) is 0.433. The van der Waals surface area contributed by atoms with Crippen LogP contribution in [0.4, 0.5) is 11.6 Å². The van der Waals surface area contributed by atoms with Gasteiger partial charge in [0.1, 0.15) is 0 Å². The summed E-state index contributed by atoms with van der Waals surface area (Å²) in [4.78, 5) is 31.8. The third kappa shape index (κ3) is 6.16. The summed E-state index contributed by atoms with van der Waals surface area (Å²) in [6.45, 7) is 10.3. The molecule has 0 aliphatic rings. The third-order valence-corrected chi connectivity index (χ3v) is 6.00. The van der Waals surface area contributed by atoms with Gasteiger partial charge in [-0.1, -0.05) is 27.7 Å². The van der Waals surface area contributed by atoms with E-state index in [4.69, 9.17) is 4.98 Å². The second kappa shape index (κ2) is 11.2. The van der Waals surface area contributed by atoms with E-state index in [-0.39, 0.29) is 11.8 Å². The summed E-state index contributed by atoms with van der Waals surface area (Å²) in [5.74, 6) is 1.72. The van der Waals surface area contributed by atoms with E-state index in [1.54, 1.807) is 19.2 Å². The first-order valence-electron chi connectivity index (χ1n) is 12.0. The van der Waals surface area contributed by atoms with Crippen LogP contribution in [0.5, 0.6) is 0 Å². The first-order chi connectivity index (χ1) is 16.2. The topological polar surface area (TPSA) is 79.3 Å². The molecule has 0 aliphatic carbocycles. The zero-order chi connectivity index (χ0) is 24.8. The van der Waals surface area contributed by atoms with Crippen LogP contribution in [0.3, 0.4) is 0 Å². The molecule has 0 saturated heterocycles. The van der Waals surface area contributed by atoms with E-state index in [2.05, 4.69) is 38.3 Å². The molecule has 182 valence electrons. The van der Waals surface area contributed by atoms with Crippen LogP contribution in [0.1, 0.15) is 61.3 Å². The maximum atomic E-state index is 13.4. The second-order valence-corrected chi connectivity index (χ2v) is 9.64. The van der Waals surface area contributed by atoms with Crippen LogP contribution in [0.2, 0.25) is 0 Å². The van der Waals surface area contributed by atoms with Gasteiger partial charge in [0.25, 0.3) is 11.8 Å². The predicted molar refractivity (Wildman–Crippen MR) is 139 cm³/mol. The molecular formula is C27H37N5O2. The lowest BCUT2D eigenvalue weighted by atomic mass is 10.1. The Morgan fingerprint density at radius 3 is 2.09 bits per heavy atom. The van der Waals surface area contributed by atoms with Gasteiger partial charge in [-0.05, 0) is 67.1 Å². The molecule has 34 heavy (non-hydrogen) atoms. The molecule has 0 atom stereocenters. The molecule has 7 heteroatoms. The SMILES string of the molecule is CNC(=O)c1ccc(Nc2nc3ccc(C(=O)N(CCC(C)C)CCC(C)C)cc3n2C)cc1. The van der Waals surface area contributed by atoms with Gasteiger partial charge in [0.05, 0.1) is 11.0 Å². The fraction of sp³-hybridized carbons (Fsp3) is 0.444. The van der Waals surface area contributed by atoms with E-state index < -0.39 is 0 Å². The standard InChI is InChI=1S/C27H37N5O2/c1-18(2)13-15-32(16-14-19(3)4)26(34)21-9-12-23-24(17-21)31(6)27(30-23)29-22-10-7-20(8-11-22)25(33)28-5/h7-12,17-19H,13-16H2,1-6H3,(H,28,33)(H,29,30). The van der Waals surface area contributed by atoms with Crippen LogP contribution in [0, 0.1) is 11.8 Å². The minimum absolute atomic E-state index is 0.0729. The average Bonchev–Trinajstić information content (AvgIpc) is 3.12. The Bertz CT molecular complexity index is 1120. The molecule has 2 aromatic carbocycles. The summed E-state index contributed by atoms with van der Waals surface area (Å²) in [6.07, 6.45) is 1.98. The van der Waals surface area contributed by atoms with Crippen molar-refractivity contribution in [2.45, 2.75) is 40.5 Å². The van der Waals surface area contributed by atoms with Crippen molar-refractivity contribution in [3.63, 3.8) is 0 Å². The minimum atomic E-state index is -0.123. The van der Waals surface area contributed by atoms with E-state index in [1.807, 2.05) is 46.8 Å². The molecule has 3 aromatic rings. The molecule has 0 spiro atoms. The number of hydrogen-bond donors (Lipinski definition) is 2. The monoisotopic (exact) mass is 463 g/mol. The number of nitrogens with zero attached hydrogens (tertiary/aromatic N) is 3. The summed E-state index contributed by atoms with van der Waals surface area (Å²) >= 11 is 0. The fourth-order valence-electron chi connectivity index (χ4n) is 3.74. The van der Waals surface area contributed by atoms with E-state index >= 15 is 0 Å². The Morgan fingerprint density at radius 2 is 1.53 bits per heavy atom. The van der Waals surface area contributed by atoms with Crippen LogP contribution < -0.4 is 10.6 Å². The number of aryl methyl sites for hydroxylation is 1. The van der Waals surface area contributed by atoms with Crippen LogP contribution >= 0.6 is 0 Å². The van der Waals surface area contributed by atoms with Crippen molar-refractivity contribution in [1.29, 1.82) is 0 Å². The van der Waals surface area contributed by atoms with Crippen LogP contribution in [-0.2, 0) is 7.05 Å². The Balaban J connectivity index is 1.82. The van der Waals surface area contributed by atoms with Crippen LogP contribution in [-0.4, -0.2) is 46.4 Å². The van der Waals surface area contributed by atoms with Crippen LogP contribution in [0.25, 0.3) is 11.0 Å². The molecular weight excluding hydrogens is 426 g/mol. The number of aromatic nitrogens is 2. The van der Waals surface area contributed by atoms with E-state index in [1.165, 1.54) is 0 Å². The van der Waals surface area contributed by atoms with Crippen molar-refractivity contribution in [1.82, 2.24) is 19.8 Å². The number of carbonyl (C=O) groups is 2. The molecule has 2 N–H and O–H groups in total. The largest absolute Gasteiger partial charge is 0.355 e. The van der Waals surface area contributed by atoms with Gasteiger partial charge in [0, 0.05) is 44.0 Å². The zero-order valence-corrected chi connectivity index (χ0v) is 21.2. The molecule has 0 bridgehead atoms. The van der Waals surface area contributed by atoms with Crippen molar-refractivity contribution in [2.75, 3.05) is 25.5 Å². The number of rotatable bonds is 10. The maximum Gasteiger partial charge on any atom is 0.253 e. The average molecular weight is 464 g/mol. The Hall–Kier alpha value is -3.35. The summed E-state index contributed by atoms with van der Waals surface area (Å²) in [5.41, 5.74) is 3.82. The molecule has 0 unspecified atom stereocenters. The number of imidazole rings is 1. The van der Waals surface area contributed by atoms with Gasteiger partial charge in [0.2, 0.25) is 5.95 Å². The lowest BCUT2D eigenvalue weighted by Gasteiger charge is -2.24. The van der Waals surface area contributed by atoms with Gasteiger partial charge < -0.3 is 20.1 Å². The first kappa shape index (κ1) is 25.3. The Labute approximate surface area is 202 Å². The van der Waals surface area contributed by atoms with Crippen LogP contribution in [0.15, 0.2) is 42.5 Å². The number of benzene rings is 2. The van der Waals surface area contributed by atoms with E-state index in [0.29, 0.717) is 28.9 Å². The number of amides is 2. The number of carbonyl (C=O) groups excluding carboxylic acids is 2. The number of anilines is 2. The fourth-order valence-corrected chi connectivity index (χ4v) is 3.74. The van der Waals surface area contributed by atoms with Crippen molar-refractivity contribution < 1.29 is 9.59 Å². The summed E-state index contributed by atoms with van der Waals surface area (Å²) in [7, 11) is 3.54. The molecule has 1 aromatic heterocycles. The lowest BCUT2D eigenvalue weighted by Crippen LogP contribution is -2.34. The zero-order valence-electron chi connectivity index (χ0n) is 21.2. The number of hydrogen-bond acceptors (Lipinski definition) is 4. The molecule has 0 fully saturated rings. The molecule has 7 nitrogen and oxygen atoms in total. The molecule has 3 rings (SSSR count). The van der Waals surface area contributed by atoms with Gasteiger partial charge in [-0.15, -0.1) is 0 Å². The van der Waals surface area contributed by atoms with Gasteiger partial charge in [-0.3, -0.25) is 9.59 Å². The predicted octanol–water partition coefficient (Wildman–Crippen LogP) is 5.21. The van der Waals surface area contributed by atoms with Gasteiger partial charge in [0.15, 0.2) is 0 Å². The summed E-state index contributed by atoms with van der Waals surface area (Å²) in [6, 6.07) is 12.9. The highest BCUT2D eigenvalue weighted by molar-refractivity contribution is 5.98. The Kier molecular flexibility index (Phi) is 8.31. The highest BCUT2D eigenvalue weighted by Gasteiger charge is 2.18. The first-order valence-corrected chi connectivity index (χ1v) is 12.0.